The van der Waals surface area contributed by atoms with E-state index in [1.807, 2.05) is 0 Å². The molecule has 4 aliphatic rings. The van der Waals surface area contributed by atoms with Crippen molar-refractivity contribution in [3.8, 4) is 11.3 Å². The van der Waals surface area contributed by atoms with Crippen molar-refractivity contribution in [3.63, 3.8) is 0 Å². The lowest BCUT2D eigenvalue weighted by atomic mass is 9.58. The van der Waals surface area contributed by atoms with Crippen LogP contribution in [0.3, 0.4) is 0 Å². The Kier molecular flexibility index (Phi) is 4.88. The van der Waals surface area contributed by atoms with E-state index in [-0.39, 0.29) is 11.0 Å². The summed E-state index contributed by atoms with van der Waals surface area (Å²) in [6.45, 7) is 12.2. The van der Waals surface area contributed by atoms with Gasteiger partial charge in [-0.25, -0.2) is 0 Å². The minimum atomic E-state index is 0.107. The third-order valence-corrected chi connectivity index (χ3v) is 9.82. The van der Waals surface area contributed by atoms with E-state index in [0.29, 0.717) is 0 Å². The summed E-state index contributed by atoms with van der Waals surface area (Å²) in [5, 5.41) is 0. The zero-order valence-corrected chi connectivity index (χ0v) is 19.8. The largest absolute Gasteiger partial charge is 0.213 e. The van der Waals surface area contributed by atoms with E-state index in [1.165, 1.54) is 56.2 Å². The van der Waals surface area contributed by atoms with Crippen LogP contribution in [0, 0.1) is 5.92 Å². The second-order valence-corrected chi connectivity index (χ2v) is 10.8. The fourth-order valence-electron chi connectivity index (χ4n) is 7.48. The normalized spacial score (nSPS) is 33.7. The van der Waals surface area contributed by atoms with Crippen LogP contribution in [0.5, 0.6) is 0 Å². The molecule has 1 nitrogen and oxygen atoms in total. The maximum atomic E-state index is 2.73. The fraction of sp³-hybridized carbons (Fsp3) is 0.621. The Balaban J connectivity index is 1.73. The smallest absolute Gasteiger partial charge is 0.192 e. The SMILES string of the molecule is CCCCC1CC2CCC1c1c[n+]3c(cc12)-c1ccccc1C(C)(CC)C3(C)CC. The Morgan fingerprint density at radius 3 is 2.53 bits per heavy atom. The lowest BCUT2D eigenvalue weighted by molar-refractivity contribution is -0.765. The van der Waals surface area contributed by atoms with Gasteiger partial charge in [0.25, 0.3) is 0 Å². The van der Waals surface area contributed by atoms with Crippen molar-refractivity contribution >= 4 is 0 Å². The van der Waals surface area contributed by atoms with Crippen LogP contribution >= 0.6 is 0 Å². The second kappa shape index (κ2) is 7.21. The number of rotatable bonds is 5. The Bertz CT molecular complexity index is 959. The highest BCUT2D eigenvalue weighted by Crippen LogP contribution is 2.56. The minimum absolute atomic E-state index is 0.107. The van der Waals surface area contributed by atoms with Crippen molar-refractivity contribution in [2.45, 2.75) is 109 Å². The molecular weight excluding hydrogens is 362 g/mol. The van der Waals surface area contributed by atoms with Crippen molar-refractivity contribution < 1.29 is 4.57 Å². The number of aromatic nitrogens is 1. The zero-order valence-electron chi connectivity index (χ0n) is 19.8. The predicted octanol–water partition coefficient (Wildman–Crippen LogP) is 7.62. The first-order valence-corrected chi connectivity index (χ1v) is 12.7. The molecule has 1 aromatic carbocycles. The van der Waals surface area contributed by atoms with E-state index in [1.54, 1.807) is 16.7 Å². The second-order valence-electron chi connectivity index (χ2n) is 10.8. The van der Waals surface area contributed by atoms with Crippen molar-refractivity contribution in [2.24, 2.45) is 5.92 Å². The van der Waals surface area contributed by atoms with Gasteiger partial charge in [0.15, 0.2) is 11.7 Å². The third-order valence-electron chi connectivity index (χ3n) is 9.82. The van der Waals surface area contributed by atoms with E-state index in [2.05, 4.69) is 75.7 Å². The molecule has 3 aliphatic carbocycles. The van der Waals surface area contributed by atoms with Crippen LogP contribution in [0.1, 0.15) is 115 Å². The van der Waals surface area contributed by atoms with E-state index in [0.717, 1.165) is 24.2 Å². The summed E-state index contributed by atoms with van der Waals surface area (Å²) in [6, 6.07) is 11.9. The minimum Gasteiger partial charge on any atom is -0.192 e. The molecule has 0 N–H and O–H groups in total. The monoisotopic (exact) mass is 402 g/mol. The molecule has 1 aromatic heterocycles. The van der Waals surface area contributed by atoms with Crippen LogP contribution in [-0.2, 0) is 11.0 Å². The molecule has 5 unspecified atom stereocenters. The highest BCUT2D eigenvalue weighted by atomic mass is 15.1. The molecule has 160 valence electrons. The Morgan fingerprint density at radius 1 is 1.00 bits per heavy atom. The van der Waals surface area contributed by atoms with Gasteiger partial charge in [0.2, 0.25) is 5.69 Å². The summed E-state index contributed by atoms with van der Waals surface area (Å²) < 4.78 is 2.73. The number of hydrogen-bond acceptors (Lipinski definition) is 0. The van der Waals surface area contributed by atoms with Gasteiger partial charge >= 0.3 is 0 Å². The summed E-state index contributed by atoms with van der Waals surface area (Å²) in [5.41, 5.74) is 8.16. The van der Waals surface area contributed by atoms with Gasteiger partial charge in [0.1, 0.15) is 0 Å². The van der Waals surface area contributed by atoms with Crippen LogP contribution in [0.2, 0.25) is 0 Å². The van der Waals surface area contributed by atoms with Crippen LogP contribution in [0.15, 0.2) is 36.5 Å². The van der Waals surface area contributed by atoms with Crippen molar-refractivity contribution in [2.75, 3.05) is 0 Å². The molecule has 1 aliphatic heterocycles. The molecule has 30 heavy (non-hydrogen) atoms. The van der Waals surface area contributed by atoms with Gasteiger partial charge in [-0.3, -0.25) is 0 Å². The summed E-state index contributed by atoms with van der Waals surface area (Å²) in [4.78, 5) is 0. The maximum absolute atomic E-state index is 2.73. The van der Waals surface area contributed by atoms with Gasteiger partial charge in [-0.05, 0) is 74.0 Å². The first-order valence-electron chi connectivity index (χ1n) is 12.7. The van der Waals surface area contributed by atoms with Gasteiger partial charge in [0.05, 0.1) is 11.0 Å². The van der Waals surface area contributed by atoms with Gasteiger partial charge in [-0.1, -0.05) is 51.8 Å². The molecule has 6 rings (SSSR count). The third kappa shape index (κ3) is 2.56. The number of hydrogen-bond donors (Lipinski definition) is 0. The number of nitrogens with zero attached hydrogens (tertiary/aromatic N) is 1. The summed E-state index contributed by atoms with van der Waals surface area (Å²) >= 11 is 0. The Hall–Kier alpha value is -1.63. The van der Waals surface area contributed by atoms with Crippen molar-refractivity contribution in [3.05, 3.63) is 53.2 Å². The van der Waals surface area contributed by atoms with Crippen molar-refractivity contribution in [1.29, 1.82) is 0 Å². The van der Waals surface area contributed by atoms with Gasteiger partial charge < -0.3 is 0 Å². The van der Waals surface area contributed by atoms with Gasteiger partial charge in [-0.15, -0.1) is 0 Å². The number of pyridine rings is 1. The standard InChI is InChI=1S/C29H40N/c1-6-9-12-20-17-21-15-16-22(20)25-19-30-27(18-24(21)25)23-13-10-11-14-26(23)28(4,7-2)29(30,5)8-3/h10-11,13-14,18-22H,6-9,12,15-17H2,1-5H3/q+1. The lowest BCUT2D eigenvalue weighted by Gasteiger charge is -2.48. The molecule has 2 heterocycles. The summed E-state index contributed by atoms with van der Waals surface area (Å²) in [5.74, 6) is 2.49. The molecule has 0 amide bonds. The molecule has 2 aromatic rings. The average Bonchev–Trinajstić information content (AvgIpc) is 2.80. The summed E-state index contributed by atoms with van der Waals surface area (Å²) in [7, 11) is 0. The quantitative estimate of drug-likeness (QED) is 0.453. The molecule has 0 saturated heterocycles. The molecular formula is C29H40N+. The molecule has 1 heteroatoms. The first kappa shape index (κ1) is 20.3. The highest BCUT2D eigenvalue weighted by Gasteiger charge is 2.57. The molecule has 0 spiro atoms. The molecule has 1 saturated carbocycles. The zero-order chi connectivity index (χ0) is 21.1. The topological polar surface area (TPSA) is 3.88 Å². The molecule has 2 bridgehead atoms. The van der Waals surface area contributed by atoms with Crippen LogP contribution < -0.4 is 4.57 Å². The van der Waals surface area contributed by atoms with E-state index >= 15 is 0 Å². The Morgan fingerprint density at radius 2 is 1.80 bits per heavy atom. The van der Waals surface area contributed by atoms with Crippen LogP contribution in [0.25, 0.3) is 11.3 Å². The van der Waals surface area contributed by atoms with E-state index < -0.39 is 0 Å². The fourth-order valence-corrected chi connectivity index (χ4v) is 7.48. The molecule has 5 atom stereocenters. The van der Waals surface area contributed by atoms with Crippen LogP contribution in [-0.4, -0.2) is 0 Å². The maximum Gasteiger partial charge on any atom is 0.213 e. The number of benzene rings is 1. The van der Waals surface area contributed by atoms with Crippen molar-refractivity contribution in [1.82, 2.24) is 0 Å². The van der Waals surface area contributed by atoms with Gasteiger partial charge in [-0.2, -0.15) is 4.57 Å². The number of unbranched alkanes of at least 4 members (excludes halogenated alkanes) is 1. The lowest BCUT2D eigenvalue weighted by Crippen LogP contribution is -2.67. The molecule has 1 fully saturated rings. The number of fused-ring (bicyclic) bond motifs is 5. The van der Waals surface area contributed by atoms with Gasteiger partial charge in [0, 0.05) is 25.0 Å². The van der Waals surface area contributed by atoms with E-state index in [9.17, 15) is 0 Å². The first-order chi connectivity index (χ1) is 14.5. The summed E-state index contributed by atoms with van der Waals surface area (Å²) in [6.07, 6.45) is 13.4. The average molecular weight is 403 g/mol. The predicted molar refractivity (Wildman–Crippen MR) is 126 cm³/mol. The molecule has 0 radical (unpaired) electrons. The highest BCUT2D eigenvalue weighted by molar-refractivity contribution is 5.66. The van der Waals surface area contributed by atoms with Crippen LogP contribution in [0.4, 0.5) is 0 Å². The van der Waals surface area contributed by atoms with E-state index in [4.69, 9.17) is 0 Å². The Labute approximate surface area is 183 Å².